The van der Waals surface area contributed by atoms with E-state index in [1.165, 1.54) is 4.68 Å². The van der Waals surface area contributed by atoms with Gasteiger partial charge >= 0.3 is 6.03 Å². The van der Waals surface area contributed by atoms with Crippen LogP contribution in [0.2, 0.25) is 0 Å². The molecule has 1 aliphatic heterocycles. The zero-order chi connectivity index (χ0) is 9.42. The molecule has 0 bridgehead atoms. The fourth-order valence-corrected chi connectivity index (χ4v) is 1.13. The molecule has 0 aromatic carbocycles. The summed E-state index contributed by atoms with van der Waals surface area (Å²) >= 11 is 0. The number of amides is 2. The number of amidine groups is 1. The number of nitrogens with zero attached hydrogens (tertiary/aromatic N) is 4. The molecule has 0 fully saturated rings. The molecule has 1 aliphatic rings. The average molecular weight is 180 g/mol. The first-order valence-corrected chi connectivity index (χ1v) is 3.67. The highest BCUT2D eigenvalue weighted by molar-refractivity contribution is 6.02. The average Bonchev–Trinajstić information content (AvgIpc) is 2.58. The minimum absolute atomic E-state index is 0.227. The Bertz CT molecular complexity index is 380. The quantitative estimate of drug-likeness (QED) is 0.575. The van der Waals surface area contributed by atoms with E-state index in [4.69, 9.17) is 5.73 Å². The maximum atomic E-state index is 10.8. The van der Waals surface area contributed by atoms with Crippen LogP contribution < -0.4 is 11.1 Å². The van der Waals surface area contributed by atoms with Crippen molar-refractivity contribution < 1.29 is 4.79 Å². The van der Waals surface area contributed by atoms with Gasteiger partial charge in [0.15, 0.2) is 0 Å². The maximum Gasteiger partial charge on any atom is 0.343 e. The summed E-state index contributed by atoms with van der Waals surface area (Å²) in [5.41, 5.74) is 6.09. The van der Waals surface area contributed by atoms with E-state index < -0.39 is 12.1 Å². The van der Waals surface area contributed by atoms with E-state index >= 15 is 0 Å². The minimum Gasteiger partial charge on any atom is -0.385 e. The highest BCUT2D eigenvalue weighted by Crippen LogP contribution is 2.13. The van der Waals surface area contributed by atoms with E-state index in [9.17, 15) is 4.79 Å². The Balaban J connectivity index is 2.29. The molecule has 0 saturated heterocycles. The summed E-state index contributed by atoms with van der Waals surface area (Å²) in [7, 11) is 1.74. The molecule has 1 unspecified atom stereocenters. The lowest BCUT2D eigenvalue weighted by molar-refractivity contribution is 0.250. The van der Waals surface area contributed by atoms with Gasteiger partial charge in [-0.05, 0) is 0 Å². The van der Waals surface area contributed by atoms with Crippen molar-refractivity contribution in [2.75, 3.05) is 0 Å². The number of aromatic nitrogens is 3. The summed E-state index contributed by atoms with van der Waals surface area (Å²) in [5, 5.41) is 10.1. The van der Waals surface area contributed by atoms with Crippen LogP contribution in [0.25, 0.3) is 0 Å². The molecule has 1 atom stereocenters. The van der Waals surface area contributed by atoms with Crippen LogP contribution in [0.4, 0.5) is 4.79 Å². The number of hydrogen-bond donors (Lipinski definition) is 2. The Morgan fingerprint density at radius 2 is 2.46 bits per heavy atom. The molecule has 2 heterocycles. The van der Waals surface area contributed by atoms with E-state index in [1.807, 2.05) is 0 Å². The molecule has 7 nitrogen and oxygen atoms in total. The number of aliphatic imine (C=N–C) groups is 1. The molecule has 7 heteroatoms. The fourth-order valence-electron chi connectivity index (χ4n) is 1.13. The van der Waals surface area contributed by atoms with Crippen LogP contribution in [0.3, 0.4) is 0 Å². The molecule has 1 aromatic heterocycles. The van der Waals surface area contributed by atoms with E-state index in [1.54, 1.807) is 13.2 Å². The van der Waals surface area contributed by atoms with Crippen molar-refractivity contribution in [3.63, 3.8) is 0 Å². The molecule has 0 aliphatic carbocycles. The molecule has 68 valence electrons. The predicted molar refractivity (Wildman–Crippen MR) is 43.9 cm³/mol. The number of carbonyl (C=O) groups excluding carboxylic acids is 1. The Labute approximate surface area is 73.6 Å². The minimum atomic E-state index is -0.437. The van der Waals surface area contributed by atoms with Crippen LogP contribution in [0.5, 0.6) is 0 Å². The predicted octanol–water partition coefficient (Wildman–Crippen LogP) is -1.06. The van der Waals surface area contributed by atoms with Gasteiger partial charge in [-0.1, -0.05) is 5.21 Å². The summed E-state index contributed by atoms with van der Waals surface area (Å²) in [6.07, 6.45) is 1.68. The highest BCUT2D eigenvalue weighted by atomic mass is 16.2. The summed E-state index contributed by atoms with van der Waals surface area (Å²) in [6, 6.07) is -0.866. The second-order valence-electron chi connectivity index (χ2n) is 2.74. The smallest absolute Gasteiger partial charge is 0.343 e. The second-order valence-corrected chi connectivity index (χ2v) is 2.74. The first kappa shape index (κ1) is 7.71. The van der Waals surface area contributed by atoms with Crippen LogP contribution >= 0.6 is 0 Å². The number of nitrogens with one attached hydrogen (secondary N) is 1. The number of rotatable bonds is 1. The number of aryl methyl sites for hydroxylation is 1. The summed E-state index contributed by atoms with van der Waals surface area (Å²) in [4.78, 5) is 14.3. The number of nitrogens with two attached hydrogens (primary N) is 1. The fraction of sp³-hybridized carbons (Fsp3) is 0.333. The molecule has 0 radical (unpaired) electrons. The number of carbonyl (C=O) groups is 1. The first-order valence-electron chi connectivity index (χ1n) is 3.67. The zero-order valence-corrected chi connectivity index (χ0v) is 6.93. The molecule has 3 N–H and O–H groups in total. The topological polar surface area (TPSA) is 98.2 Å². The molecule has 0 saturated carbocycles. The molecule has 13 heavy (non-hydrogen) atoms. The number of urea groups is 1. The third-order valence-electron chi connectivity index (χ3n) is 1.71. The van der Waals surface area contributed by atoms with E-state index in [2.05, 4.69) is 20.6 Å². The van der Waals surface area contributed by atoms with Crippen LogP contribution in [0, 0.1) is 0 Å². The van der Waals surface area contributed by atoms with Crippen LogP contribution in [-0.4, -0.2) is 26.9 Å². The van der Waals surface area contributed by atoms with E-state index in [0.29, 0.717) is 5.69 Å². The van der Waals surface area contributed by atoms with Crippen molar-refractivity contribution in [3.8, 4) is 0 Å². The van der Waals surface area contributed by atoms with Crippen LogP contribution in [0.15, 0.2) is 11.2 Å². The van der Waals surface area contributed by atoms with Gasteiger partial charge in [0.2, 0.25) is 0 Å². The molecule has 0 spiro atoms. The third-order valence-corrected chi connectivity index (χ3v) is 1.71. The number of hydrogen-bond acceptors (Lipinski definition) is 4. The second kappa shape index (κ2) is 2.54. The lowest BCUT2D eigenvalue weighted by Gasteiger charge is -2.04. The van der Waals surface area contributed by atoms with Gasteiger partial charge in [-0.15, -0.1) is 5.10 Å². The molecular formula is C6H8N6O. The van der Waals surface area contributed by atoms with Crippen LogP contribution in [-0.2, 0) is 7.05 Å². The van der Waals surface area contributed by atoms with Gasteiger partial charge in [-0.3, -0.25) is 4.68 Å². The van der Waals surface area contributed by atoms with Crippen molar-refractivity contribution in [2.45, 2.75) is 6.04 Å². The Morgan fingerprint density at radius 3 is 2.92 bits per heavy atom. The van der Waals surface area contributed by atoms with Gasteiger partial charge in [0.05, 0.1) is 6.20 Å². The largest absolute Gasteiger partial charge is 0.385 e. The van der Waals surface area contributed by atoms with Crippen LogP contribution in [0.1, 0.15) is 11.7 Å². The van der Waals surface area contributed by atoms with Gasteiger partial charge in [0, 0.05) is 7.05 Å². The molecule has 2 rings (SSSR count). The third kappa shape index (κ3) is 1.24. The lowest BCUT2D eigenvalue weighted by Crippen LogP contribution is -2.28. The first-order chi connectivity index (χ1) is 6.16. The van der Waals surface area contributed by atoms with Crippen molar-refractivity contribution in [1.29, 1.82) is 0 Å². The Morgan fingerprint density at radius 1 is 1.69 bits per heavy atom. The van der Waals surface area contributed by atoms with E-state index in [-0.39, 0.29) is 5.84 Å². The standard InChI is InChI=1S/C6H8N6O/c1-12-2-3(10-11-12)4-5(7)9-6(13)8-4/h2,4H,1H3,(H3,7,8,9,13). The van der Waals surface area contributed by atoms with Crippen molar-refractivity contribution in [3.05, 3.63) is 11.9 Å². The van der Waals surface area contributed by atoms with Crippen molar-refractivity contribution in [2.24, 2.45) is 17.8 Å². The summed E-state index contributed by atoms with van der Waals surface area (Å²) in [5.74, 6) is 0.227. The van der Waals surface area contributed by atoms with Gasteiger partial charge in [-0.25, -0.2) is 4.79 Å². The SMILES string of the molecule is Cn1cc(C2NC(=O)N=C2N)nn1. The maximum absolute atomic E-state index is 10.8. The lowest BCUT2D eigenvalue weighted by atomic mass is 10.2. The zero-order valence-electron chi connectivity index (χ0n) is 6.93. The molecule has 1 aromatic rings. The van der Waals surface area contributed by atoms with E-state index in [0.717, 1.165) is 0 Å². The van der Waals surface area contributed by atoms with Crippen molar-refractivity contribution >= 4 is 11.9 Å². The van der Waals surface area contributed by atoms with Crippen molar-refractivity contribution in [1.82, 2.24) is 20.3 Å². The van der Waals surface area contributed by atoms with Gasteiger partial charge in [-0.2, -0.15) is 4.99 Å². The van der Waals surface area contributed by atoms with Gasteiger partial charge < -0.3 is 11.1 Å². The van der Waals surface area contributed by atoms with Gasteiger partial charge in [0.25, 0.3) is 0 Å². The monoisotopic (exact) mass is 180 g/mol. The molecular weight excluding hydrogens is 172 g/mol. The Hall–Kier alpha value is -1.92. The molecule has 2 amide bonds. The summed E-state index contributed by atoms with van der Waals surface area (Å²) in [6.45, 7) is 0. The highest BCUT2D eigenvalue weighted by Gasteiger charge is 2.27. The van der Waals surface area contributed by atoms with Gasteiger partial charge in [0.1, 0.15) is 17.6 Å². The normalized spacial score (nSPS) is 21.5. The summed E-state index contributed by atoms with van der Waals surface area (Å²) < 4.78 is 1.53. The Kier molecular flexibility index (Phi) is 1.51.